The van der Waals surface area contributed by atoms with Crippen LogP contribution in [0.5, 0.6) is 0 Å². The van der Waals surface area contributed by atoms with Gasteiger partial charge in [-0.2, -0.15) is 0 Å². The van der Waals surface area contributed by atoms with Crippen molar-refractivity contribution >= 4 is 39.1 Å². The van der Waals surface area contributed by atoms with E-state index in [0.717, 1.165) is 31.9 Å². The first-order valence-corrected chi connectivity index (χ1v) is 12.6. The van der Waals surface area contributed by atoms with E-state index in [4.69, 9.17) is 9.40 Å². The minimum Gasteiger partial charge on any atom is -0.459 e. The first kappa shape index (κ1) is 22.2. The van der Waals surface area contributed by atoms with Gasteiger partial charge >= 0.3 is 0 Å². The van der Waals surface area contributed by atoms with E-state index in [1.54, 1.807) is 28.4 Å². The Morgan fingerprint density at radius 1 is 1.00 bits per heavy atom. The van der Waals surface area contributed by atoms with E-state index in [0.29, 0.717) is 18.7 Å². The summed E-state index contributed by atoms with van der Waals surface area (Å²) in [5, 5.41) is 3.94. The van der Waals surface area contributed by atoms with Crippen LogP contribution in [0, 0.1) is 6.92 Å². The molecule has 3 heterocycles. The largest absolute Gasteiger partial charge is 0.459 e. The molecule has 3 aromatic carbocycles. The summed E-state index contributed by atoms with van der Waals surface area (Å²) in [5.41, 5.74) is 5.97. The summed E-state index contributed by atoms with van der Waals surface area (Å²) in [7, 11) is 0. The van der Waals surface area contributed by atoms with Crippen molar-refractivity contribution in [2.45, 2.75) is 25.9 Å². The van der Waals surface area contributed by atoms with Crippen LogP contribution in [-0.2, 0) is 17.8 Å². The molecule has 1 aliphatic heterocycles. The SMILES string of the molecule is Cc1ccc2nc(-c3ccc(NC(=O)[C@H]4Cc5ccccc5CN4C(=O)c4ccco4)cc3)sc2c1. The molecule has 0 saturated heterocycles. The fraction of sp³-hybridized carbons (Fsp3) is 0.138. The molecule has 0 radical (unpaired) electrons. The second-order valence-electron chi connectivity index (χ2n) is 8.96. The molecule has 36 heavy (non-hydrogen) atoms. The number of hydrogen-bond acceptors (Lipinski definition) is 5. The average Bonchev–Trinajstić information content (AvgIpc) is 3.58. The highest BCUT2D eigenvalue weighted by atomic mass is 32.1. The molecule has 2 amide bonds. The Morgan fingerprint density at radius 2 is 1.81 bits per heavy atom. The van der Waals surface area contributed by atoms with Crippen LogP contribution in [0.25, 0.3) is 20.8 Å². The van der Waals surface area contributed by atoms with E-state index in [1.165, 1.54) is 11.8 Å². The number of thiazole rings is 1. The van der Waals surface area contributed by atoms with E-state index in [2.05, 4.69) is 24.4 Å². The van der Waals surface area contributed by atoms with E-state index < -0.39 is 6.04 Å². The van der Waals surface area contributed by atoms with Gasteiger partial charge in [0, 0.05) is 24.2 Å². The number of furan rings is 1. The van der Waals surface area contributed by atoms with Crippen molar-refractivity contribution in [2.24, 2.45) is 0 Å². The summed E-state index contributed by atoms with van der Waals surface area (Å²) in [6, 6.07) is 24.5. The Morgan fingerprint density at radius 3 is 2.58 bits per heavy atom. The summed E-state index contributed by atoms with van der Waals surface area (Å²) < 4.78 is 6.49. The Hall–Kier alpha value is -4.23. The van der Waals surface area contributed by atoms with Gasteiger partial charge < -0.3 is 14.6 Å². The molecule has 178 valence electrons. The topological polar surface area (TPSA) is 75.4 Å². The summed E-state index contributed by atoms with van der Waals surface area (Å²) in [4.78, 5) is 32.9. The highest BCUT2D eigenvalue weighted by molar-refractivity contribution is 7.21. The number of carbonyl (C=O) groups is 2. The van der Waals surface area contributed by atoms with E-state index in [9.17, 15) is 9.59 Å². The van der Waals surface area contributed by atoms with Crippen molar-refractivity contribution < 1.29 is 14.0 Å². The van der Waals surface area contributed by atoms with Crippen molar-refractivity contribution in [3.8, 4) is 10.6 Å². The van der Waals surface area contributed by atoms with E-state index in [-0.39, 0.29) is 17.6 Å². The van der Waals surface area contributed by atoms with Gasteiger partial charge in [0.05, 0.1) is 16.5 Å². The minimum absolute atomic E-state index is 0.225. The number of fused-ring (bicyclic) bond motifs is 2. The zero-order valence-electron chi connectivity index (χ0n) is 19.6. The standard InChI is InChI=1S/C29H23N3O3S/c1-18-8-13-23-26(15-18)36-28(31-23)19-9-11-22(12-10-19)30-27(33)24-16-20-5-2-3-6-21(20)17-32(24)29(34)25-7-4-14-35-25/h2-15,24H,16-17H2,1H3,(H,30,33)/t24-/m1/s1. The molecule has 7 heteroatoms. The number of rotatable bonds is 4. The van der Waals surface area contributed by atoms with Crippen LogP contribution < -0.4 is 5.32 Å². The number of amides is 2. The molecular formula is C29H23N3O3S. The number of aromatic nitrogens is 1. The molecule has 6 nitrogen and oxygen atoms in total. The van der Waals surface area contributed by atoms with Gasteiger partial charge in [-0.05, 0) is 72.1 Å². The number of benzene rings is 3. The summed E-state index contributed by atoms with van der Waals surface area (Å²) in [6.07, 6.45) is 1.91. The fourth-order valence-electron chi connectivity index (χ4n) is 4.59. The molecule has 0 bridgehead atoms. The summed E-state index contributed by atoms with van der Waals surface area (Å²) >= 11 is 1.65. The fourth-order valence-corrected chi connectivity index (χ4v) is 5.66. The zero-order chi connectivity index (χ0) is 24.6. The summed E-state index contributed by atoms with van der Waals surface area (Å²) in [6.45, 7) is 2.42. The maximum atomic E-state index is 13.4. The molecule has 2 aromatic heterocycles. The lowest BCUT2D eigenvalue weighted by molar-refractivity contribution is -0.121. The number of hydrogen-bond donors (Lipinski definition) is 1. The van der Waals surface area contributed by atoms with Crippen molar-refractivity contribution in [3.05, 3.63) is 108 Å². The van der Waals surface area contributed by atoms with Gasteiger partial charge in [-0.1, -0.05) is 30.3 Å². The number of anilines is 1. The van der Waals surface area contributed by atoms with Crippen LogP contribution in [0.4, 0.5) is 5.69 Å². The molecular weight excluding hydrogens is 470 g/mol. The van der Waals surface area contributed by atoms with E-state index >= 15 is 0 Å². The second kappa shape index (κ2) is 9.09. The summed E-state index contributed by atoms with van der Waals surface area (Å²) in [5.74, 6) is -0.300. The molecule has 6 rings (SSSR count). The van der Waals surface area contributed by atoms with Gasteiger partial charge in [0.2, 0.25) is 5.91 Å². The van der Waals surface area contributed by atoms with Crippen LogP contribution in [0.2, 0.25) is 0 Å². The van der Waals surface area contributed by atoms with Gasteiger partial charge in [0.15, 0.2) is 5.76 Å². The average molecular weight is 494 g/mol. The predicted octanol–water partition coefficient (Wildman–Crippen LogP) is 6.07. The first-order valence-electron chi connectivity index (χ1n) is 11.7. The third kappa shape index (κ3) is 4.18. The lowest BCUT2D eigenvalue weighted by Crippen LogP contribution is -2.50. The van der Waals surface area contributed by atoms with Crippen LogP contribution in [0.15, 0.2) is 89.5 Å². The molecule has 0 spiro atoms. The first-order chi connectivity index (χ1) is 17.5. The maximum Gasteiger partial charge on any atom is 0.290 e. The van der Waals surface area contributed by atoms with Crippen molar-refractivity contribution in [1.29, 1.82) is 0 Å². The smallest absolute Gasteiger partial charge is 0.290 e. The number of nitrogens with one attached hydrogen (secondary N) is 1. The highest BCUT2D eigenvalue weighted by Gasteiger charge is 2.36. The lowest BCUT2D eigenvalue weighted by Gasteiger charge is -2.35. The van der Waals surface area contributed by atoms with Gasteiger partial charge in [0.25, 0.3) is 5.91 Å². The van der Waals surface area contributed by atoms with Gasteiger partial charge in [-0.25, -0.2) is 4.98 Å². The molecule has 1 N–H and O–H groups in total. The third-order valence-corrected chi connectivity index (χ3v) is 7.55. The molecule has 0 unspecified atom stereocenters. The number of nitrogens with zero attached hydrogens (tertiary/aromatic N) is 2. The zero-order valence-corrected chi connectivity index (χ0v) is 20.4. The number of aryl methyl sites for hydroxylation is 1. The number of carbonyl (C=O) groups excluding carboxylic acids is 2. The lowest BCUT2D eigenvalue weighted by atomic mass is 9.93. The quantitative estimate of drug-likeness (QED) is 0.330. The van der Waals surface area contributed by atoms with Crippen molar-refractivity contribution in [1.82, 2.24) is 9.88 Å². The highest BCUT2D eigenvalue weighted by Crippen LogP contribution is 2.32. The van der Waals surface area contributed by atoms with Gasteiger partial charge in [0.1, 0.15) is 11.0 Å². The van der Waals surface area contributed by atoms with Crippen molar-refractivity contribution in [3.63, 3.8) is 0 Å². The second-order valence-corrected chi connectivity index (χ2v) is 9.99. The molecule has 1 aliphatic rings. The Balaban J connectivity index is 1.23. The predicted molar refractivity (Wildman–Crippen MR) is 141 cm³/mol. The Kier molecular flexibility index (Phi) is 5.62. The van der Waals surface area contributed by atoms with Crippen LogP contribution in [0.1, 0.15) is 27.2 Å². The maximum absolute atomic E-state index is 13.4. The molecule has 0 fully saturated rings. The molecule has 1 atom stereocenters. The Bertz CT molecular complexity index is 1570. The third-order valence-electron chi connectivity index (χ3n) is 6.49. The minimum atomic E-state index is -0.648. The monoisotopic (exact) mass is 493 g/mol. The van der Waals surface area contributed by atoms with Crippen LogP contribution in [-0.4, -0.2) is 27.7 Å². The molecule has 5 aromatic rings. The van der Waals surface area contributed by atoms with Gasteiger partial charge in [-0.3, -0.25) is 9.59 Å². The molecule has 0 saturated carbocycles. The van der Waals surface area contributed by atoms with Crippen LogP contribution in [0.3, 0.4) is 0 Å². The van der Waals surface area contributed by atoms with Crippen LogP contribution >= 0.6 is 11.3 Å². The van der Waals surface area contributed by atoms with E-state index in [1.807, 2.05) is 54.6 Å². The van der Waals surface area contributed by atoms with Crippen molar-refractivity contribution in [2.75, 3.05) is 5.32 Å². The normalized spacial score (nSPS) is 15.0. The molecule has 0 aliphatic carbocycles. The Labute approximate surface area is 212 Å². The van der Waals surface area contributed by atoms with Gasteiger partial charge in [-0.15, -0.1) is 11.3 Å².